The number of hydrogen-bond donors (Lipinski definition) is 0. The summed E-state index contributed by atoms with van der Waals surface area (Å²) in [5, 5.41) is 0. The molecule has 0 fully saturated rings. The molecule has 0 spiro atoms. The molecule has 0 aliphatic heterocycles. The van der Waals surface area contributed by atoms with Gasteiger partial charge in [0.1, 0.15) is 0 Å². The van der Waals surface area contributed by atoms with Gasteiger partial charge in [0.15, 0.2) is 0 Å². The van der Waals surface area contributed by atoms with Crippen molar-refractivity contribution in [3.8, 4) is 0 Å². The first-order chi connectivity index (χ1) is 6.72. The van der Waals surface area contributed by atoms with Gasteiger partial charge in [0.25, 0.3) is 0 Å². The Morgan fingerprint density at radius 3 is 2.14 bits per heavy atom. The number of unbranched alkanes of at least 4 members (excludes halogenated alkanes) is 3. The van der Waals surface area contributed by atoms with Crippen molar-refractivity contribution in [2.24, 2.45) is 0 Å². The lowest BCUT2D eigenvalue weighted by molar-refractivity contribution is 0.217. The largest absolute Gasteiger partial charge is 0.301 e. The first-order valence-electron chi connectivity index (χ1n) is 6.02. The summed E-state index contributed by atoms with van der Waals surface area (Å²) in [7, 11) is 0. The van der Waals surface area contributed by atoms with Crippen molar-refractivity contribution >= 4 is 11.6 Å². The molecule has 0 aliphatic carbocycles. The van der Waals surface area contributed by atoms with Crippen LogP contribution in [0, 0.1) is 0 Å². The Bertz CT molecular complexity index is 115. The van der Waals surface area contributed by atoms with E-state index in [9.17, 15) is 0 Å². The van der Waals surface area contributed by atoms with Gasteiger partial charge in [0.2, 0.25) is 0 Å². The topological polar surface area (TPSA) is 3.24 Å². The second kappa shape index (κ2) is 9.79. The molecule has 0 saturated heterocycles. The van der Waals surface area contributed by atoms with Crippen LogP contribution in [0.25, 0.3) is 0 Å². The molecule has 86 valence electrons. The van der Waals surface area contributed by atoms with Crippen molar-refractivity contribution in [3.05, 3.63) is 0 Å². The number of alkyl halides is 1. The van der Waals surface area contributed by atoms with Crippen molar-refractivity contribution in [2.75, 3.05) is 19.0 Å². The lowest BCUT2D eigenvalue weighted by Gasteiger charge is -2.25. The third-order valence-electron chi connectivity index (χ3n) is 2.57. The molecule has 0 radical (unpaired) electrons. The Labute approximate surface area is 94.8 Å². The van der Waals surface area contributed by atoms with Gasteiger partial charge in [0, 0.05) is 11.9 Å². The summed E-state index contributed by atoms with van der Waals surface area (Å²) in [6.45, 7) is 9.33. The van der Waals surface area contributed by atoms with Crippen molar-refractivity contribution in [3.63, 3.8) is 0 Å². The monoisotopic (exact) mass is 219 g/mol. The maximum Gasteiger partial charge on any atom is 0.0223 e. The molecule has 0 aromatic carbocycles. The molecule has 0 heterocycles. The van der Waals surface area contributed by atoms with E-state index < -0.39 is 0 Å². The van der Waals surface area contributed by atoms with E-state index in [-0.39, 0.29) is 0 Å². The van der Waals surface area contributed by atoms with Gasteiger partial charge in [-0.15, -0.1) is 11.6 Å². The highest BCUT2D eigenvalue weighted by atomic mass is 35.5. The molecular formula is C12H26ClN. The Balaban J connectivity index is 3.41. The smallest absolute Gasteiger partial charge is 0.0223 e. The van der Waals surface area contributed by atoms with Crippen LogP contribution in [0.4, 0.5) is 0 Å². The highest BCUT2D eigenvalue weighted by Crippen LogP contribution is 2.06. The Hall–Kier alpha value is 0.250. The minimum atomic E-state index is 0.697. The average molecular weight is 220 g/mol. The number of hydrogen-bond acceptors (Lipinski definition) is 1. The summed E-state index contributed by atoms with van der Waals surface area (Å²) in [5.41, 5.74) is 0. The number of rotatable bonds is 9. The van der Waals surface area contributed by atoms with E-state index in [0.717, 1.165) is 5.88 Å². The van der Waals surface area contributed by atoms with Gasteiger partial charge < -0.3 is 4.90 Å². The summed E-state index contributed by atoms with van der Waals surface area (Å²) in [6.07, 6.45) is 6.40. The van der Waals surface area contributed by atoms with Crippen LogP contribution >= 0.6 is 11.6 Å². The predicted octanol–water partition coefficient (Wildman–Crippen LogP) is 3.91. The Morgan fingerprint density at radius 1 is 1.00 bits per heavy atom. The van der Waals surface area contributed by atoms with Crippen molar-refractivity contribution < 1.29 is 0 Å². The highest BCUT2D eigenvalue weighted by molar-refractivity contribution is 6.17. The normalized spacial score (nSPS) is 11.6. The Kier molecular flexibility index (Phi) is 9.97. The van der Waals surface area contributed by atoms with Gasteiger partial charge >= 0.3 is 0 Å². The summed E-state index contributed by atoms with van der Waals surface area (Å²) >= 11 is 5.63. The molecule has 14 heavy (non-hydrogen) atoms. The molecule has 0 N–H and O–H groups in total. The van der Waals surface area contributed by atoms with Gasteiger partial charge in [-0.2, -0.15) is 0 Å². The van der Waals surface area contributed by atoms with Gasteiger partial charge in [-0.1, -0.05) is 19.8 Å². The van der Waals surface area contributed by atoms with E-state index in [1.54, 1.807) is 0 Å². The molecule has 2 heteroatoms. The van der Waals surface area contributed by atoms with Crippen LogP contribution in [0.2, 0.25) is 0 Å². The third-order valence-corrected chi connectivity index (χ3v) is 2.84. The van der Waals surface area contributed by atoms with Crippen molar-refractivity contribution in [2.45, 2.75) is 58.9 Å². The van der Waals surface area contributed by atoms with E-state index in [0.29, 0.717) is 6.04 Å². The fourth-order valence-corrected chi connectivity index (χ4v) is 1.87. The number of nitrogens with zero attached hydrogens (tertiary/aromatic N) is 1. The van der Waals surface area contributed by atoms with Crippen LogP contribution in [-0.4, -0.2) is 29.9 Å². The summed E-state index contributed by atoms with van der Waals surface area (Å²) in [5.74, 6) is 0.822. The van der Waals surface area contributed by atoms with E-state index in [1.165, 1.54) is 45.2 Å². The second-order valence-corrected chi connectivity index (χ2v) is 4.61. The van der Waals surface area contributed by atoms with E-state index >= 15 is 0 Å². The third kappa shape index (κ3) is 7.64. The molecular weight excluding hydrogens is 194 g/mol. The Morgan fingerprint density at radius 2 is 1.64 bits per heavy atom. The summed E-state index contributed by atoms with van der Waals surface area (Å²) in [6, 6.07) is 0.697. The summed E-state index contributed by atoms with van der Waals surface area (Å²) in [4.78, 5) is 2.57. The first-order valence-corrected chi connectivity index (χ1v) is 6.55. The molecule has 1 nitrogen and oxygen atoms in total. The van der Waals surface area contributed by atoms with Crippen molar-refractivity contribution in [1.29, 1.82) is 0 Å². The zero-order valence-electron chi connectivity index (χ0n) is 10.1. The molecule has 0 aromatic heterocycles. The summed E-state index contributed by atoms with van der Waals surface area (Å²) < 4.78 is 0. The zero-order chi connectivity index (χ0) is 10.8. The van der Waals surface area contributed by atoms with Gasteiger partial charge in [-0.25, -0.2) is 0 Å². The highest BCUT2D eigenvalue weighted by Gasteiger charge is 2.06. The predicted molar refractivity (Wildman–Crippen MR) is 66.2 cm³/mol. The number of halogens is 1. The van der Waals surface area contributed by atoms with Crippen molar-refractivity contribution in [1.82, 2.24) is 4.90 Å². The zero-order valence-corrected chi connectivity index (χ0v) is 10.8. The molecule has 0 bridgehead atoms. The molecule has 0 saturated carbocycles. The fraction of sp³-hybridized carbons (Fsp3) is 1.00. The van der Waals surface area contributed by atoms with Crippen LogP contribution in [0.3, 0.4) is 0 Å². The van der Waals surface area contributed by atoms with Gasteiger partial charge in [-0.3, -0.25) is 0 Å². The molecule has 0 aliphatic rings. The fourth-order valence-electron chi connectivity index (χ4n) is 1.68. The maximum atomic E-state index is 5.63. The van der Waals surface area contributed by atoms with Crippen LogP contribution in [0.5, 0.6) is 0 Å². The maximum absolute atomic E-state index is 5.63. The molecule has 0 unspecified atom stereocenters. The average Bonchev–Trinajstić information content (AvgIpc) is 2.15. The minimum absolute atomic E-state index is 0.697. The standard InChI is InChI=1S/C12H26ClN/c1-4-10-14(12(2)3)11-8-6-5-7-9-13/h12H,4-11H2,1-3H3. The molecule has 0 rings (SSSR count). The van der Waals surface area contributed by atoms with E-state index in [4.69, 9.17) is 11.6 Å². The van der Waals surface area contributed by atoms with Crippen LogP contribution in [-0.2, 0) is 0 Å². The van der Waals surface area contributed by atoms with E-state index in [1.807, 2.05) is 0 Å². The second-order valence-electron chi connectivity index (χ2n) is 4.23. The van der Waals surface area contributed by atoms with Gasteiger partial charge in [-0.05, 0) is 46.2 Å². The quantitative estimate of drug-likeness (QED) is 0.420. The SMILES string of the molecule is CCCN(CCCCCCCl)C(C)C. The molecule has 0 aromatic rings. The minimum Gasteiger partial charge on any atom is -0.301 e. The lowest BCUT2D eigenvalue weighted by Crippen LogP contribution is -2.32. The molecule has 0 atom stereocenters. The van der Waals surface area contributed by atoms with Crippen LogP contribution < -0.4 is 0 Å². The van der Waals surface area contributed by atoms with E-state index in [2.05, 4.69) is 25.7 Å². The lowest BCUT2D eigenvalue weighted by atomic mass is 10.2. The van der Waals surface area contributed by atoms with Crippen LogP contribution in [0.1, 0.15) is 52.9 Å². The molecule has 0 amide bonds. The first kappa shape index (κ1) is 14.2. The van der Waals surface area contributed by atoms with Gasteiger partial charge in [0.05, 0.1) is 0 Å². The van der Waals surface area contributed by atoms with Crippen LogP contribution in [0.15, 0.2) is 0 Å².